The molecule has 12 rings (SSSR count). The summed E-state index contributed by atoms with van der Waals surface area (Å²) in [6.07, 6.45) is 0. The third-order valence-electron chi connectivity index (χ3n) is 10.6. The Morgan fingerprint density at radius 2 is 0.895 bits per heavy atom. The summed E-state index contributed by atoms with van der Waals surface area (Å²) < 4.78 is 14.9. The summed E-state index contributed by atoms with van der Waals surface area (Å²) in [6, 6.07) is 55.4. The van der Waals surface area contributed by atoms with Crippen LogP contribution in [0.1, 0.15) is 0 Å². The summed E-state index contributed by atoms with van der Waals surface area (Å²) in [5.41, 5.74) is 9.31. The molecular weight excluding hydrogens is 723 g/mol. The van der Waals surface area contributed by atoms with E-state index in [1.54, 1.807) is 11.3 Å². The van der Waals surface area contributed by atoms with E-state index >= 15 is 0 Å². The van der Waals surface area contributed by atoms with Gasteiger partial charge < -0.3 is 8.83 Å². The molecule has 7 nitrogen and oxygen atoms in total. The van der Waals surface area contributed by atoms with Gasteiger partial charge in [0.05, 0.1) is 0 Å². The van der Waals surface area contributed by atoms with Crippen LogP contribution >= 0.6 is 11.3 Å². The van der Waals surface area contributed by atoms with E-state index in [0.29, 0.717) is 28.9 Å². The molecule has 0 amide bonds. The number of aromatic nitrogens is 5. The predicted octanol–water partition coefficient (Wildman–Crippen LogP) is 13.2. The Labute approximate surface area is 328 Å². The van der Waals surface area contributed by atoms with Gasteiger partial charge in [0, 0.05) is 64.1 Å². The molecule has 57 heavy (non-hydrogen) atoms. The van der Waals surface area contributed by atoms with Crippen molar-refractivity contribution < 1.29 is 8.83 Å². The fourth-order valence-electron chi connectivity index (χ4n) is 7.78. The van der Waals surface area contributed by atoms with Gasteiger partial charge in [-0.25, -0.2) is 24.9 Å². The molecule has 5 heterocycles. The number of benzene rings is 7. The normalized spacial score (nSPS) is 11.9. The molecule has 0 saturated heterocycles. The third-order valence-corrected chi connectivity index (χ3v) is 11.7. The molecule has 0 bridgehead atoms. The molecule has 7 aromatic carbocycles. The van der Waals surface area contributed by atoms with Gasteiger partial charge in [-0.2, -0.15) is 0 Å². The van der Waals surface area contributed by atoms with E-state index in [1.165, 1.54) is 4.70 Å². The van der Waals surface area contributed by atoms with Crippen LogP contribution < -0.4 is 0 Å². The molecule has 0 unspecified atom stereocenters. The van der Waals surface area contributed by atoms with Gasteiger partial charge >= 0.3 is 0 Å². The first-order chi connectivity index (χ1) is 28.2. The maximum atomic E-state index is 6.34. The number of hydrogen-bond donors (Lipinski definition) is 0. The lowest BCUT2D eigenvalue weighted by atomic mass is 10.1. The number of para-hydroxylation sites is 2. The minimum Gasteiger partial charge on any atom is -0.456 e. The largest absolute Gasteiger partial charge is 0.456 e. The molecule has 0 radical (unpaired) electrons. The molecule has 0 N–H and O–H groups in total. The molecule has 0 fully saturated rings. The summed E-state index contributed by atoms with van der Waals surface area (Å²) in [5.74, 6) is 2.44. The topological polar surface area (TPSA) is 90.7 Å². The van der Waals surface area contributed by atoms with Crippen LogP contribution in [0.3, 0.4) is 0 Å². The highest BCUT2D eigenvalue weighted by atomic mass is 32.1. The number of nitrogens with zero attached hydrogens (tertiary/aromatic N) is 5. The van der Waals surface area contributed by atoms with Crippen molar-refractivity contribution in [3.05, 3.63) is 164 Å². The van der Waals surface area contributed by atoms with Crippen molar-refractivity contribution in [3.8, 4) is 56.8 Å². The van der Waals surface area contributed by atoms with Gasteiger partial charge in [0.25, 0.3) is 0 Å². The second-order valence-corrected chi connectivity index (χ2v) is 15.1. The van der Waals surface area contributed by atoms with E-state index < -0.39 is 0 Å². The van der Waals surface area contributed by atoms with Crippen LogP contribution in [0.25, 0.3) is 121 Å². The highest BCUT2D eigenvalue weighted by molar-refractivity contribution is 7.25. The van der Waals surface area contributed by atoms with Crippen LogP contribution in [0.2, 0.25) is 0 Å². The van der Waals surface area contributed by atoms with Gasteiger partial charge in [-0.1, -0.05) is 109 Å². The molecule has 0 atom stereocenters. The number of fused-ring (bicyclic) bond motifs is 9. The summed E-state index contributed by atoms with van der Waals surface area (Å²) in [6.45, 7) is 0. The SMILES string of the molecule is c1ccc(-c2nc(-c3ccc4c(c3)oc3ccccc34)nc(-c3ccc4sc5cc(-c6nc(-c7ccccc7)c7oc8ccccc8c7n6)ccc5c4c3)n2)cc1. The van der Waals surface area contributed by atoms with Gasteiger partial charge in [-0.3, -0.25) is 0 Å². The van der Waals surface area contributed by atoms with E-state index in [4.69, 9.17) is 33.8 Å². The first kappa shape index (κ1) is 31.8. The Bertz CT molecular complexity index is 3540. The minimum absolute atomic E-state index is 0.582. The summed E-state index contributed by atoms with van der Waals surface area (Å²) in [5, 5.41) is 5.39. The smallest absolute Gasteiger partial charge is 0.180 e. The van der Waals surface area contributed by atoms with Crippen LogP contribution in [0, 0.1) is 0 Å². The summed E-state index contributed by atoms with van der Waals surface area (Å²) >= 11 is 1.75. The lowest BCUT2D eigenvalue weighted by molar-refractivity contribution is 0.667. The number of rotatable bonds is 5. The third kappa shape index (κ3) is 5.22. The van der Waals surface area contributed by atoms with Gasteiger partial charge in [-0.15, -0.1) is 11.3 Å². The standard InChI is InChI=1S/C49H27N5O2S/c1-3-11-28(12-4-1)43-45-44(36-16-8-10-18-39(36)56-45)51-47(50-43)32-20-23-35-37-25-30(21-24-41(37)57-42(35)27-32)48-52-46(29-13-5-2-6-14-29)53-49(54-48)31-19-22-34-33-15-7-9-17-38(33)55-40(34)26-31/h1-27H. The molecule has 0 aliphatic rings. The lowest BCUT2D eigenvalue weighted by Gasteiger charge is -2.09. The average molecular weight is 750 g/mol. The first-order valence-corrected chi connectivity index (χ1v) is 19.5. The maximum Gasteiger partial charge on any atom is 0.180 e. The van der Waals surface area contributed by atoms with Crippen LogP contribution in [0.5, 0.6) is 0 Å². The molecule has 0 aliphatic carbocycles. The zero-order valence-electron chi connectivity index (χ0n) is 30.0. The van der Waals surface area contributed by atoms with Crippen molar-refractivity contribution in [1.29, 1.82) is 0 Å². The quantitative estimate of drug-likeness (QED) is 0.173. The van der Waals surface area contributed by atoms with Crippen LogP contribution in [-0.2, 0) is 0 Å². The van der Waals surface area contributed by atoms with Crippen molar-refractivity contribution >= 4 is 75.5 Å². The Kier molecular flexibility index (Phi) is 6.96. The monoisotopic (exact) mass is 749 g/mol. The minimum atomic E-state index is 0.582. The molecule has 12 aromatic rings. The van der Waals surface area contributed by atoms with Gasteiger partial charge in [0.2, 0.25) is 0 Å². The molecule has 0 spiro atoms. The second kappa shape index (κ2) is 12.5. The zero-order chi connectivity index (χ0) is 37.5. The average Bonchev–Trinajstić information content (AvgIpc) is 3.97. The van der Waals surface area contributed by atoms with Crippen LogP contribution in [0.15, 0.2) is 173 Å². The number of furan rings is 2. The van der Waals surface area contributed by atoms with E-state index in [9.17, 15) is 0 Å². The molecule has 266 valence electrons. The van der Waals surface area contributed by atoms with Crippen LogP contribution in [-0.4, -0.2) is 24.9 Å². The van der Waals surface area contributed by atoms with E-state index in [1.807, 2.05) is 91.0 Å². The highest BCUT2D eigenvalue weighted by Gasteiger charge is 2.20. The van der Waals surface area contributed by atoms with Gasteiger partial charge in [0.15, 0.2) is 28.9 Å². The Balaban J connectivity index is 0.984. The summed E-state index contributed by atoms with van der Waals surface area (Å²) in [7, 11) is 0. The Morgan fingerprint density at radius 3 is 1.67 bits per heavy atom. The van der Waals surface area contributed by atoms with Crippen molar-refractivity contribution in [2.24, 2.45) is 0 Å². The first-order valence-electron chi connectivity index (χ1n) is 18.7. The van der Waals surface area contributed by atoms with E-state index in [2.05, 4.69) is 72.8 Å². The zero-order valence-corrected chi connectivity index (χ0v) is 30.9. The summed E-state index contributed by atoms with van der Waals surface area (Å²) in [4.78, 5) is 25.3. The maximum absolute atomic E-state index is 6.34. The second-order valence-electron chi connectivity index (χ2n) is 14.0. The molecule has 8 heteroatoms. The van der Waals surface area contributed by atoms with E-state index in [0.717, 1.165) is 87.4 Å². The van der Waals surface area contributed by atoms with Gasteiger partial charge in [0.1, 0.15) is 28.0 Å². The Hall–Kier alpha value is -7.55. The lowest BCUT2D eigenvalue weighted by Crippen LogP contribution is -2.00. The van der Waals surface area contributed by atoms with Crippen molar-refractivity contribution in [2.75, 3.05) is 0 Å². The molecule has 0 aliphatic heterocycles. The fraction of sp³-hybridized carbons (Fsp3) is 0. The Morgan fingerprint density at radius 1 is 0.333 bits per heavy atom. The fourth-order valence-corrected chi connectivity index (χ4v) is 8.91. The van der Waals surface area contributed by atoms with Crippen molar-refractivity contribution in [3.63, 3.8) is 0 Å². The highest BCUT2D eigenvalue weighted by Crippen LogP contribution is 2.40. The van der Waals surface area contributed by atoms with Crippen molar-refractivity contribution in [2.45, 2.75) is 0 Å². The van der Waals surface area contributed by atoms with E-state index in [-0.39, 0.29) is 0 Å². The number of hydrogen-bond acceptors (Lipinski definition) is 8. The predicted molar refractivity (Wildman–Crippen MR) is 230 cm³/mol. The molecular formula is C49H27N5O2S. The van der Waals surface area contributed by atoms with Crippen molar-refractivity contribution in [1.82, 2.24) is 24.9 Å². The van der Waals surface area contributed by atoms with Crippen LogP contribution in [0.4, 0.5) is 0 Å². The number of thiophene rings is 1. The molecule has 5 aromatic heterocycles. The molecule has 0 saturated carbocycles. The van der Waals surface area contributed by atoms with Gasteiger partial charge in [-0.05, 0) is 54.6 Å².